The fraction of sp³-hybridized carbons (Fsp3) is 1.00. The van der Waals surface area contributed by atoms with Gasteiger partial charge in [-0.25, -0.2) is 0 Å². The predicted molar refractivity (Wildman–Crippen MR) is 64.2 cm³/mol. The zero-order valence-corrected chi connectivity index (χ0v) is 9.88. The van der Waals surface area contributed by atoms with Crippen molar-refractivity contribution in [2.75, 3.05) is 45.8 Å². The lowest BCUT2D eigenvalue weighted by Crippen LogP contribution is -2.47. The van der Waals surface area contributed by atoms with E-state index in [1.807, 2.05) is 0 Å². The highest BCUT2D eigenvalue weighted by atomic mass is 15.3. The maximum Gasteiger partial charge on any atom is 0.0270 e. The second-order valence-electron chi connectivity index (χ2n) is 4.89. The Morgan fingerprint density at radius 2 is 1.81 bits per heavy atom. The second kappa shape index (κ2) is 6.09. The van der Waals surface area contributed by atoms with E-state index in [1.54, 1.807) is 0 Å². The van der Waals surface area contributed by atoms with Crippen molar-refractivity contribution in [3.8, 4) is 0 Å². The van der Waals surface area contributed by atoms with Gasteiger partial charge in [0.25, 0.3) is 0 Å². The summed E-state index contributed by atoms with van der Waals surface area (Å²) < 4.78 is 0. The molecule has 0 bridgehead atoms. The van der Waals surface area contributed by atoms with Crippen molar-refractivity contribution in [3.05, 3.63) is 10.4 Å². The molecule has 0 unspecified atom stereocenters. The summed E-state index contributed by atoms with van der Waals surface area (Å²) in [7, 11) is 0. The Labute approximate surface area is 97.0 Å². The van der Waals surface area contributed by atoms with Crippen molar-refractivity contribution in [2.24, 2.45) is 11.0 Å². The van der Waals surface area contributed by atoms with E-state index in [9.17, 15) is 0 Å². The van der Waals surface area contributed by atoms with Crippen molar-refractivity contribution in [3.63, 3.8) is 0 Å². The van der Waals surface area contributed by atoms with Gasteiger partial charge < -0.3 is 9.80 Å². The predicted octanol–water partition coefficient (Wildman–Crippen LogP) is 1.71. The van der Waals surface area contributed by atoms with Crippen molar-refractivity contribution in [2.45, 2.75) is 19.3 Å². The molecule has 90 valence electrons. The Balaban J connectivity index is 1.55. The molecule has 5 heteroatoms. The molecule has 5 nitrogen and oxygen atoms in total. The fourth-order valence-electron chi connectivity index (χ4n) is 2.27. The first kappa shape index (κ1) is 11.7. The molecule has 1 aliphatic heterocycles. The van der Waals surface area contributed by atoms with E-state index in [1.165, 1.54) is 45.6 Å². The van der Waals surface area contributed by atoms with Gasteiger partial charge in [-0.1, -0.05) is 5.11 Å². The zero-order chi connectivity index (χ0) is 11.2. The van der Waals surface area contributed by atoms with E-state index in [2.05, 4.69) is 19.8 Å². The summed E-state index contributed by atoms with van der Waals surface area (Å²) in [6.45, 7) is 7.85. The van der Waals surface area contributed by atoms with Gasteiger partial charge in [-0.2, -0.15) is 0 Å². The fourth-order valence-corrected chi connectivity index (χ4v) is 2.27. The van der Waals surface area contributed by atoms with Crippen LogP contribution in [0.3, 0.4) is 0 Å². The highest BCUT2D eigenvalue weighted by Crippen LogP contribution is 2.29. The minimum Gasteiger partial charge on any atom is -0.301 e. The van der Waals surface area contributed by atoms with E-state index in [0.717, 1.165) is 18.9 Å². The minimum absolute atomic E-state index is 0.638. The number of hydrogen-bond donors (Lipinski definition) is 0. The first-order valence-corrected chi connectivity index (χ1v) is 6.34. The normalized spacial score (nSPS) is 23.0. The second-order valence-corrected chi connectivity index (χ2v) is 4.89. The summed E-state index contributed by atoms with van der Waals surface area (Å²) >= 11 is 0. The Hall–Kier alpha value is -0.770. The molecular formula is C11H21N5. The molecule has 0 radical (unpaired) electrons. The number of hydrogen-bond acceptors (Lipinski definition) is 3. The van der Waals surface area contributed by atoms with Gasteiger partial charge >= 0.3 is 0 Å². The minimum atomic E-state index is 0.638. The molecule has 1 saturated heterocycles. The molecular weight excluding hydrogens is 202 g/mol. The third kappa shape index (κ3) is 4.00. The molecule has 16 heavy (non-hydrogen) atoms. The van der Waals surface area contributed by atoms with Crippen LogP contribution in [0.5, 0.6) is 0 Å². The molecule has 2 fully saturated rings. The van der Waals surface area contributed by atoms with Gasteiger partial charge in [-0.05, 0) is 37.3 Å². The molecule has 1 saturated carbocycles. The third-order valence-electron chi connectivity index (χ3n) is 3.47. The molecule has 1 heterocycles. The number of rotatable bonds is 6. The number of nitrogens with zero attached hydrogens (tertiary/aromatic N) is 5. The highest BCUT2D eigenvalue weighted by molar-refractivity contribution is 4.80. The summed E-state index contributed by atoms with van der Waals surface area (Å²) in [5.74, 6) is 1.01. The lowest BCUT2D eigenvalue weighted by atomic mass is 10.2. The Bertz CT molecular complexity index is 249. The van der Waals surface area contributed by atoms with Crippen molar-refractivity contribution < 1.29 is 0 Å². The van der Waals surface area contributed by atoms with Crippen LogP contribution in [0.2, 0.25) is 0 Å². The molecule has 2 rings (SSSR count). The molecule has 2 aliphatic rings. The SMILES string of the molecule is [N-]=[N+]=NCCCN1CCN(CC2CC2)CC1. The Morgan fingerprint density at radius 3 is 2.44 bits per heavy atom. The van der Waals surface area contributed by atoms with Gasteiger partial charge in [0.15, 0.2) is 0 Å². The summed E-state index contributed by atoms with van der Waals surface area (Å²) in [5.41, 5.74) is 8.17. The maximum absolute atomic E-state index is 8.17. The molecule has 1 aliphatic carbocycles. The Kier molecular flexibility index (Phi) is 4.45. The largest absolute Gasteiger partial charge is 0.301 e. The highest BCUT2D eigenvalue weighted by Gasteiger charge is 2.26. The molecule has 0 atom stereocenters. The van der Waals surface area contributed by atoms with Crippen molar-refractivity contribution >= 4 is 0 Å². The molecule has 0 aromatic rings. The van der Waals surface area contributed by atoms with Crippen LogP contribution in [0.4, 0.5) is 0 Å². The average Bonchev–Trinajstić information content (AvgIpc) is 3.11. The van der Waals surface area contributed by atoms with E-state index in [0.29, 0.717) is 6.54 Å². The zero-order valence-electron chi connectivity index (χ0n) is 9.88. The molecule has 0 amide bonds. The summed E-state index contributed by atoms with van der Waals surface area (Å²) in [6, 6.07) is 0. The molecule has 0 aromatic heterocycles. The Morgan fingerprint density at radius 1 is 1.12 bits per heavy atom. The first-order chi connectivity index (χ1) is 7.88. The van der Waals surface area contributed by atoms with Gasteiger partial charge in [0.05, 0.1) is 0 Å². The van der Waals surface area contributed by atoms with E-state index < -0.39 is 0 Å². The topological polar surface area (TPSA) is 55.2 Å². The van der Waals surface area contributed by atoms with Crippen LogP contribution in [-0.4, -0.2) is 55.6 Å². The van der Waals surface area contributed by atoms with Crippen LogP contribution in [0.1, 0.15) is 19.3 Å². The smallest absolute Gasteiger partial charge is 0.0270 e. The maximum atomic E-state index is 8.17. The average molecular weight is 223 g/mol. The van der Waals surface area contributed by atoms with Gasteiger partial charge in [-0.3, -0.25) is 0 Å². The van der Waals surface area contributed by atoms with Gasteiger partial charge in [-0.15, -0.1) is 0 Å². The summed E-state index contributed by atoms with van der Waals surface area (Å²) in [6.07, 6.45) is 3.89. The van der Waals surface area contributed by atoms with Crippen LogP contribution in [0, 0.1) is 5.92 Å². The quantitative estimate of drug-likeness (QED) is 0.298. The monoisotopic (exact) mass is 223 g/mol. The molecule has 0 spiro atoms. The summed E-state index contributed by atoms with van der Waals surface area (Å²) in [4.78, 5) is 7.85. The molecule has 0 aromatic carbocycles. The van der Waals surface area contributed by atoms with Crippen LogP contribution < -0.4 is 0 Å². The molecule has 0 N–H and O–H groups in total. The standard InChI is InChI=1S/C11H21N5/c12-14-13-4-1-5-15-6-8-16(9-7-15)10-11-2-3-11/h11H,1-10H2. The number of azide groups is 1. The van der Waals surface area contributed by atoms with Gasteiger partial charge in [0, 0.05) is 44.2 Å². The summed E-state index contributed by atoms with van der Waals surface area (Å²) in [5, 5.41) is 3.56. The number of piperazine rings is 1. The first-order valence-electron chi connectivity index (χ1n) is 6.34. The van der Waals surface area contributed by atoms with Crippen LogP contribution in [0.25, 0.3) is 10.4 Å². The van der Waals surface area contributed by atoms with E-state index in [-0.39, 0.29) is 0 Å². The lowest BCUT2D eigenvalue weighted by Gasteiger charge is -2.34. The van der Waals surface area contributed by atoms with Gasteiger partial charge in [0.1, 0.15) is 0 Å². The lowest BCUT2D eigenvalue weighted by molar-refractivity contribution is 0.128. The van der Waals surface area contributed by atoms with Gasteiger partial charge in [0.2, 0.25) is 0 Å². The van der Waals surface area contributed by atoms with Crippen LogP contribution >= 0.6 is 0 Å². The third-order valence-corrected chi connectivity index (χ3v) is 3.47. The van der Waals surface area contributed by atoms with Crippen molar-refractivity contribution in [1.82, 2.24) is 9.80 Å². The van der Waals surface area contributed by atoms with Crippen LogP contribution in [-0.2, 0) is 0 Å². The van der Waals surface area contributed by atoms with E-state index in [4.69, 9.17) is 5.53 Å². The van der Waals surface area contributed by atoms with Crippen molar-refractivity contribution in [1.29, 1.82) is 0 Å². The van der Waals surface area contributed by atoms with Crippen LogP contribution in [0.15, 0.2) is 5.11 Å². The van der Waals surface area contributed by atoms with E-state index >= 15 is 0 Å².